The van der Waals surface area contributed by atoms with Gasteiger partial charge in [0.1, 0.15) is 11.6 Å². The van der Waals surface area contributed by atoms with E-state index in [2.05, 4.69) is 30.5 Å². The van der Waals surface area contributed by atoms with Crippen LogP contribution in [0.1, 0.15) is 19.7 Å². The minimum atomic E-state index is -0.545. The number of aromatic amines is 1. The summed E-state index contributed by atoms with van der Waals surface area (Å²) in [5.74, 6) is 0.386. The Labute approximate surface area is 216 Å². The molecule has 2 aromatic heterocycles. The van der Waals surface area contributed by atoms with Crippen molar-refractivity contribution in [1.29, 1.82) is 0 Å². The molecule has 1 amide bonds. The lowest BCUT2D eigenvalue weighted by molar-refractivity contribution is -0.201. The summed E-state index contributed by atoms with van der Waals surface area (Å²) in [6.07, 6.45) is 1.49. The average molecular weight is 512 g/mol. The largest absolute Gasteiger partial charge is 0.354 e. The van der Waals surface area contributed by atoms with E-state index in [0.29, 0.717) is 41.8 Å². The van der Waals surface area contributed by atoms with Crippen molar-refractivity contribution in [2.24, 2.45) is 5.92 Å². The zero-order chi connectivity index (χ0) is 26.4. The van der Waals surface area contributed by atoms with E-state index in [4.69, 9.17) is 14.5 Å². The maximum atomic E-state index is 13.6. The standard InChI is InChI=1S/C26H34FN7O3/c1-16(2)30-25(35)18-14-36-22(37-15-18)13-21-32-23(17-5-7-19(27)8-6-17)24(33-21)20-9-10-28-26(31-20)29-11-12-34(3)4/h5-10,16,18,22H,11-15H2,1-4H3,(H,30,35)(H,32,33)(H,28,29,31). The van der Waals surface area contributed by atoms with Crippen molar-refractivity contribution >= 4 is 11.9 Å². The van der Waals surface area contributed by atoms with Crippen LogP contribution in [0, 0.1) is 11.7 Å². The third-order valence-corrected chi connectivity index (χ3v) is 5.75. The Balaban J connectivity index is 1.53. The Bertz CT molecular complexity index is 1180. The van der Waals surface area contributed by atoms with Crippen molar-refractivity contribution in [1.82, 2.24) is 30.2 Å². The number of H-pyrrole nitrogens is 1. The third-order valence-electron chi connectivity index (χ3n) is 5.75. The number of nitrogens with zero attached hydrogens (tertiary/aromatic N) is 4. The van der Waals surface area contributed by atoms with Gasteiger partial charge in [-0.25, -0.2) is 19.3 Å². The summed E-state index contributed by atoms with van der Waals surface area (Å²) in [6, 6.07) is 8.02. The number of hydrogen-bond donors (Lipinski definition) is 3. The van der Waals surface area contributed by atoms with Crippen LogP contribution in [0.5, 0.6) is 0 Å². The summed E-state index contributed by atoms with van der Waals surface area (Å²) in [5.41, 5.74) is 2.72. The van der Waals surface area contributed by atoms with Crippen LogP contribution in [0.25, 0.3) is 22.6 Å². The number of nitrogens with one attached hydrogen (secondary N) is 3. The maximum absolute atomic E-state index is 13.6. The van der Waals surface area contributed by atoms with E-state index in [9.17, 15) is 9.18 Å². The van der Waals surface area contributed by atoms with E-state index >= 15 is 0 Å². The number of imidazole rings is 1. The molecule has 10 nitrogen and oxygen atoms in total. The summed E-state index contributed by atoms with van der Waals surface area (Å²) in [5, 5.41) is 6.12. The monoisotopic (exact) mass is 511 g/mol. The first-order valence-corrected chi connectivity index (χ1v) is 12.4. The van der Waals surface area contributed by atoms with Crippen LogP contribution < -0.4 is 10.6 Å². The summed E-state index contributed by atoms with van der Waals surface area (Å²) < 4.78 is 25.3. The quantitative estimate of drug-likeness (QED) is 0.380. The Kier molecular flexibility index (Phi) is 8.80. The molecule has 3 heterocycles. The van der Waals surface area contributed by atoms with Crippen molar-refractivity contribution in [2.75, 3.05) is 45.7 Å². The molecule has 1 saturated heterocycles. The molecule has 1 aliphatic rings. The Morgan fingerprint density at radius 2 is 1.89 bits per heavy atom. The second-order valence-corrected chi connectivity index (χ2v) is 9.57. The number of carbonyl (C=O) groups excluding carboxylic acids is 1. The van der Waals surface area contributed by atoms with Gasteiger partial charge in [-0.1, -0.05) is 0 Å². The first-order chi connectivity index (χ1) is 17.8. The van der Waals surface area contributed by atoms with Crippen molar-refractivity contribution in [3.8, 4) is 22.6 Å². The number of aromatic nitrogens is 4. The number of benzene rings is 1. The van der Waals surface area contributed by atoms with Crippen LogP contribution in [0.3, 0.4) is 0 Å². The van der Waals surface area contributed by atoms with Gasteiger partial charge in [0.15, 0.2) is 6.29 Å². The number of halogens is 1. The molecule has 0 unspecified atom stereocenters. The van der Waals surface area contributed by atoms with E-state index < -0.39 is 6.29 Å². The first kappa shape index (κ1) is 26.6. The lowest BCUT2D eigenvalue weighted by Crippen LogP contribution is -2.44. The van der Waals surface area contributed by atoms with Crippen LogP contribution in [0.2, 0.25) is 0 Å². The SMILES string of the molecule is CC(C)NC(=O)C1COC(Cc2nc(-c3ccc(F)cc3)c(-c3ccnc(NCCN(C)C)n3)[nH]2)OC1. The normalized spacial score (nSPS) is 17.8. The van der Waals surface area contributed by atoms with E-state index in [0.717, 1.165) is 12.1 Å². The number of likely N-dealkylation sites (N-methyl/N-ethyl adjacent to an activating group) is 1. The van der Waals surface area contributed by atoms with Crippen LogP contribution in [-0.2, 0) is 20.7 Å². The summed E-state index contributed by atoms with van der Waals surface area (Å²) in [7, 11) is 4.00. The predicted molar refractivity (Wildman–Crippen MR) is 138 cm³/mol. The molecule has 0 saturated carbocycles. The highest BCUT2D eigenvalue weighted by molar-refractivity contribution is 5.79. The summed E-state index contributed by atoms with van der Waals surface area (Å²) in [4.78, 5) is 31.4. The van der Waals surface area contributed by atoms with Gasteiger partial charge >= 0.3 is 0 Å². The molecule has 0 atom stereocenters. The van der Waals surface area contributed by atoms with Gasteiger partial charge in [0.2, 0.25) is 11.9 Å². The smallest absolute Gasteiger partial charge is 0.227 e. The minimum absolute atomic E-state index is 0.0575. The van der Waals surface area contributed by atoms with Gasteiger partial charge in [-0.05, 0) is 58.3 Å². The van der Waals surface area contributed by atoms with E-state index in [1.165, 1.54) is 12.1 Å². The molecule has 37 heavy (non-hydrogen) atoms. The van der Waals surface area contributed by atoms with Crippen molar-refractivity contribution in [2.45, 2.75) is 32.6 Å². The molecule has 1 fully saturated rings. The summed E-state index contributed by atoms with van der Waals surface area (Å²) in [6.45, 7) is 5.91. The fourth-order valence-electron chi connectivity index (χ4n) is 3.87. The second kappa shape index (κ2) is 12.2. The molecule has 1 aliphatic heterocycles. The van der Waals surface area contributed by atoms with Crippen LogP contribution in [0.15, 0.2) is 36.5 Å². The highest BCUT2D eigenvalue weighted by Gasteiger charge is 2.29. The average Bonchev–Trinajstić information content (AvgIpc) is 3.28. The van der Waals surface area contributed by atoms with Gasteiger partial charge < -0.3 is 30.0 Å². The zero-order valence-corrected chi connectivity index (χ0v) is 21.6. The molecular weight excluding hydrogens is 477 g/mol. The minimum Gasteiger partial charge on any atom is -0.354 e. The highest BCUT2D eigenvalue weighted by atomic mass is 19.1. The molecule has 11 heteroatoms. The molecule has 198 valence electrons. The molecule has 3 aromatic rings. The van der Waals surface area contributed by atoms with Crippen molar-refractivity contribution < 1.29 is 18.7 Å². The van der Waals surface area contributed by atoms with Gasteiger partial charge in [0, 0.05) is 30.9 Å². The van der Waals surface area contributed by atoms with Gasteiger partial charge in [0.25, 0.3) is 0 Å². The van der Waals surface area contributed by atoms with Crippen molar-refractivity contribution in [3.05, 3.63) is 48.2 Å². The van der Waals surface area contributed by atoms with Gasteiger partial charge in [-0.3, -0.25) is 4.79 Å². The maximum Gasteiger partial charge on any atom is 0.227 e. The van der Waals surface area contributed by atoms with Crippen molar-refractivity contribution in [3.63, 3.8) is 0 Å². The lowest BCUT2D eigenvalue weighted by Gasteiger charge is -2.28. The molecule has 0 aliphatic carbocycles. The summed E-state index contributed by atoms with van der Waals surface area (Å²) >= 11 is 0. The topological polar surface area (TPSA) is 117 Å². The number of rotatable bonds is 10. The molecule has 0 bridgehead atoms. The number of carbonyl (C=O) groups is 1. The second-order valence-electron chi connectivity index (χ2n) is 9.57. The van der Waals surface area contributed by atoms with Gasteiger partial charge in [-0.15, -0.1) is 0 Å². The Morgan fingerprint density at radius 3 is 2.57 bits per heavy atom. The zero-order valence-electron chi connectivity index (χ0n) is 21.6. The van der Waals surface area contributed by atoms with E-state index in [-0.39, 0.29) is 36.9 Å². The highest BCUT2D eigenvalue weighted by Crippen LogP contribution is 2.30. The molecule has 0 radical (unpaired) electrons. The predicted octanol–water partition coefficient (Wildman–Crippen LogP) is 2.70. The van der Waals surface area contributed by atoms with Gasteiger partial charge in [-0.2, -0.15) is 0 Å². The molecule has 1 aromatic carbocycles. The molecular formula is C26H34FN7O3. The number of anilines is 1. The number of amides is 1. The number of ether oxygens (including phenoxy) is 2. The van der Waals surface area contributed by atoms with Crippen LogP contribution >= 0.6 is 0 Å². The van der Waals surface area contributed by atoms with Crippen LogP contribution in [-0.4, -0.2) is 83.5 Å². The number of hydrogen-bond acceptors (Lipinski definition) is 8. The van der Waals surface area contributed by atoms with E-state index in [1.807, 2.05) is 27.9 Å². The molecule has 4 rings (SSSR count). The third kappa shape index (κ3) is 7.31. The fourth-order valence-corrected chi connectivity index (χ4v) is 3.87. The molecule has 0 spiro atoms. The first-order valence-electron chi connectivity index (χ1n) is 12.4. The van der Waals surface area contributed by atoms with Gasteiger partial charge in [0.05, 0.1) is 42.6 Å². The molecule has 3 N–H and O–H groups in total. The Hall–Kier alpha value is -3.41. The Morgan fingerprint density at radius 1 is 1.16 bits per heavy atom. The fraction of sp³-hybridized carbons (Fsp3) is 0.462. The lowest BCUT2D eigenvalue weighted by atomic mass is 10.1. The van der Waals surface area contributed by atoms with Crippen LogP contribution in [0.4, 0.5) is 10.3 Å². The van der Waals surface area contributed by atoms with E-state index in [1.54, 1.807) is 24.4 Å².